The molecule has 0 spiro atoms. The zero-order chi connectivity index (χ0) is 44.9. The second-order valence-corrected chi connectivity index (χ2v) is 11.9. The van der Waals surface area contributed by atoms with Gasteiger partial charge in [-0.3, -0.25) is 4.98 Å². The van der Waals surface area contributed by atoms with Gasteiger partial charge in [-0.2, -0.15) is 25.5 Å². The minimum Gasteiger partial charge on any atom is -0.262 e. The number of nitrogens with zero attached hydrogens (tertiary/aromatic N) is 21. The highest BCUT2D eigenvalue weighted by molar-refractivity contribution is 5.62. The standard InChI is InChI=1S/C12H11N.C5H6N2.6C4H5N3/c1-10-9-12(7-8-13-10)11-5-3-2-4-6-11;1-5-3-2-4-6-7-5;1-4-6-2-5-3-7-4;1-4-2-6-7-3-5-4;1-4-2-5-3-6-7-4;1-4-2-5-7-6-3-4;1-4-5-2-3-6-7-4;1-4-2-3-5-7-6-4/h2-9H,1H3;2-4H,1H3;6*2-3H,1H3. The summed E-state index contributed by atoms with van der Waals surface area (Å²) in [6, 6.07) is 20.0. The van der Waals surface area contributed by atoms with Crippen molar-refractivity contribution in [2.75, 3.05) is 0 Å². The van der Waals surface area contributed by atoms with Crippen molar-refractivity contribution in [3.63, 3.8) is 0 Å². The average Bonchev–Trinajstić information content (AvgIpc) is 3.30. The Balaban J connectivity index is 0.000000247. The second-order valence-electron chi connectivity index (χ2n) is 11.9. The highest BCUT2D eigenvalue weighted by Gasteiger charge is 1.95. The third kappa shape index (κ3) is 27.2. The molecule has 8 heterocycles. The lowest BCUT2D eigenvalue weighted by atomic mass is 10.1. The lowest BCUT2D eigenvalue weighted by molar-refractivity contribution is 0.839. The van der Waals surface area contributed by atoms with Crippen LogP contribution in [0.25, 0.3) is 11.1 Å². The molecule has 316 valence electrons. The van der Waals surface area contributed by atoms with Gasteiger partial charge < -0.3 is 0 Å². The molecule has 0 N–H and O–H groups in total. The van der Waals surface area contributed by atoms with E-state index in [2.05, 4.69) is 125 Å². The van der Waals surface area contributed by atoms with Crippen LogP contribution in [0.2, 0.25) is 0 Å². The Hall–Kier alpha value is -8.49. The molecule has 8 aromatic heterocycles. The second kappa shape index (κ2) is 32.5. The molecule has 0 fully saturated rings. The van der Waals surface area contributed by atoms with Crippen LogP contribution < -0.4 is 0 Å². The van der Waals surface area contributed by atoms with E-state index in [0.29, 0.717) is 5.82 Å². The van der Waals surface area contributed by atoms with Gasteiger partial charge in [0, 0.05) is 24.3 Å². The van der Waals surface area contributed by atoms with E-state index in [4.69, 9.17) is 0 Å². The van der Waals surface area contributed by atoms with E-state index in [1.165, 1.54) is 36.4 Å². The predicted octanol–water partition coefficient (Wildman–Crippen LogP) is 4.92. The molecule has 1 aromatic carbocycles. The summed E-state index contributed by atoms with van der Waals surface area (Å²) in [5.74, 6) is 1.47. The molecule has 0 bridgehead atoms. The van der Waals surface area contributed by atoms with Crippen molar-refractivity contribution < 1.29 is 0 Å². The first-order valence-electron chi connectivity index (χ1n) is 18.4. The summed E-state index contributed by atoms with van der Waals surface area (Å²) in [6.45, 7) is 15.0. The lowest BCUT2D eigenvalue weighted by Crippen LogP contribution is -1.85. The van der Waals surface area contributed by atoms with Gasteiger partial charge in [0.25, 0.3) is 0 Å². The summed E-state index contributed by atoms with van der Waals surface area (Å²) in [4.78, 5) is 26.6. The molecule has 0 unspecified atom stereocenters. The fourth-order valence-electron chi connectivity index (χ4n) is 3.55. The summed E-state index contributed by atoms with van der Waals surface area (Å²) >= 11 is 0. The molecule has 0 amide bonds. The number of aryl methyl sites for hydroxylation is 8. The highest BCUT2D eigenvalue weighted by atomic mass is 15.3. The van der Waals surface area contributed by atoms with Crippen molar-refractivity contribution in [3.05, 3.63) is 187 Å². The molecule has 9 aromatic rings. The van der Waals surface area contributed by atoms with Gasteiger partial charge in [0.15, 0.2) is 0 Å². The van der Waals surface area contributed by atoms with E-state index in [0.717, 1.165) is 39.9 Å². The van der Waals surface area contributed by atoms with Crippen LogP contribution >= 0.6 is 0 Å². The van der Waals surface area contributed by atoms with Gasteiger partial charge in [-0.25, -0.2) is 29.9 Å². The molecule has 21 heteroatoms. The average molecular weight is 834 g/mol. The van der Waals surface area contributed by atoms with Gasteiger partial charge in [-0.05, 0) is 113 Å². The molecular weight excluding hydrogens is 787 g/mol. The maximum Gasteiger partial charge on any atom is 0.147 e. The zero-order valence-corrected chi connectivity index (χ0v) is 35.7. The number of aromatic nitrogens is 21. The normalized spacial score (nSPS) is 8.97. The summed E-state index contributed by atoms with van der Waals surface area (Å²) < 4.78 is 0. The maximum atomic E-state index is 4.17. The zero-order valence-electron chi connectivity index (χ0n) is 35.7. The lowest BCUT2D eigenvalue weighted by Gasteiger charge is -2.00. The first-order chi connectivity index (χ1) is 30.1. The molecule has 0 atom stereocenters. The number of hydrogen-bond donors (Lipinski definition) is 0. The Bertz CT molecular complexity index is 1990. The van der Waals surface area contributed by atoms with E-state index in [1.807, 2.05) is 91.1 Å². The smallest absolute Gasteiger partial charge is 0.147 e. The van der Waals surface area contributed by atoms with Crippen LogP contribution in [0.15, 0.2) is 142 Å². The molecule has 0 aliphatic carbocycles. The van der Waals surface area contributed by atoms with Crippen molar-refractivity contribution >= 4 is 0 Å². The predicted molar refractivity (Wildman–Crippen MR) is 229 cm³/mol. The van der Waals surface area contributed by atoms with Gasteiger partial charge >= 0.3 is 0 Å². The van der Waals surface area contributed by atoms with Crippen LogP contribution in [0.1, 0.15) is 45.7 Å². The summed E-state index contributed by atoms with van der Waals surface area (Å²) in [7, 11) is 0. The number of hydrogen-bond acceptors (Lipinski definition) is 21. The van der Waals surface area contributed by atoms with E-state index in [9.17, 15) is 0 Å². The minimum absolute atomic E-state index is 0.711. The molecule has 0 saturated carbocycles. The van der Waals surface area contributed by atoms with E-state index >= 15 is 0 Å². The Kier molecular flexibility index (Phi) is 26.0. The first-order valence-corrected chi connectivity index (χ1v) is 18.4. The van der Waals surface area contributed by atoms with Gasteiger partial charge in [-0.1, -0.05) is 30.3 Å². The molecule has 9 rings (SSSR count). The Morgan fingerprint density at radius 1 is 0.323 bits per heavy atom. The van der Waals surface area contributed by atoms with Gasteiger partial charge in [0.05, 0.1) is 60.0 Å². The molecule has 62 heavy (non-hydrogen) atoms. The third-order valence-electron chi connectivity index (χ3n) is 6.41. The Labute approximate surface area is 359 Å². The highest BCUT2D eigenvalue weighted by Crippen LogP contribution is 2.18. The topological polar surface area (TPSA) is 271 Å². The van der Waals surface area contributed by atoms with Crippen molar-refractivity contribution in [3.8, 4) is 11.1 Å². The van der Waals surface area contributed by atoms with Crippen molar-refractivity contribution in [2.24, 2.45) is 0 Å². The molecule has 0 aliphatic heterocycles. The largest absolute Gasteiger partial charge is 0.262 e. The quantitative estimate of drug-likeness (QED) is 0.212. The molecule has 0 saturated heterocycles. The Morgan fingerprint density at radius 2 is 1.05 bits per heavy atom. The number of pyridine rings is 1. The number of benzene rings is 1. The van der Waals surface area contributed by atoms with E-state index in [1.54, 1.807) is 62.6 Å². The molecular formula is C41H47N21. The van der Waals surface area contributed by atoms with Gasteiger partial charge in [0.2, 0.25) is 0 Å². The SMILES string of the molecule is Cc1cc(-c2ccccc2)ccn1.Cc1cccnn1.Cc1ccnnn1.Cc1cncnn1.Cc1cnncn1.Cc1cnnnc1.Cc1nccnn1.Cc1ncncn1. The third-order valence-corrected chi connectivity index (χ3v) is 6.41. The van der Waals surface area contributed by atoms with E-state index in [-0.39, 0.29) is 0 Å². The first kappa shape index (κ1) is 49.7. The molecule has 0 aliphatic rings. The van der Waals surface area contributed by atoms with Crippen LogP contribution in [0.5, 0.6) is 0 Å². The molecule has 0 radical (unpaired) electrons. The van der Waals surface area contributed by atoms with Crippen LogP contribution in [0, 0.1) is 55.4 Å². The number of rotatable bonds is 1. The van der Waals surface area contributed by atoms with Crippen molar-refractivity contribution in [1.29, 1.82) is 0 Å². The molecule has 21 nitrogen and oxygen atoms in total. The maximum absolute atomic E-state index is 4.17. The fourth-order valence-corrected chi connectivity index (χ4v) is 3.55. The fraction of sp³-hybridized carbons (Fsp3) is 0.195. The van der Waals surface area contributed by atoms with Gasteiger partial charge in [-0.15, -0.1) is 35.7 Å². The van der Waals surface area contributed by atoms with Crippen molar-refractivity contribution in [1.82, 2.24) is 106 Å². The van der Waals surface area contributed by atoms with Gasteiger partial charge in [0.1, 0.15) is 37.0 Å². The summed E-state index contributed by atoms with van der Waals surface area (Å²) in [5, 5.41) is 49.7. The summed E-state index contributed by atoms with van der Waals surface area (Å²) in [5.41, 5.74) is 8.17. The summed E-state index contributed by atoms with van der Waals surface area (Å²) in [6.07, 6.45) is 20.7. The van der Waals surface area contributed by atoms with E-state index < -0.39 is 0 Å². The van der Waals surface area contributed by atoms with Crippen LogP contribution in [-0.4, -0.2) is 106 Å². The van der Waals surface area contributed by atoms with Crippen LogP contribution in [0.3, 0.4) is 0 Å². The van der Waals surface area contributed by atoms with Crippen molar-refractivity contribution in [2.45, 2.75) is 55.4 Å². The van der Waals surface area contributed by atoms with Crippen LogP contribution in [0.4, 0.5) is 0 Å². The van der Waals surface area contributed by atoms with Crippen LogP contribution in [-0.2, 0) is 0 Å². The Morgan fingerprint density at radius 3 is 1.42 bits per heavy atom. The monoisotopic (exact) mass is 833 g/mol. The minimum atomic E-state index is 0.711.